The van der Waals surface area contributed by atoms with Gasteiger partial charge >= 0.3 is 12.1 Å². The maximum absolute atomic E-state index is 12.2. The zero-order valence-corrected chi connectivity index (χ0v) is 14.4. The van der Waals surface area contributed by atoms with Crippen LogP contribution in [0.25, 0.3) is 6.08 Å². The minimum Gasteiger partial charge on any atom is -0.480 e. The van der Waals surface area contributed by atoms with Crippen LogP contribution in [0.4, 0.5) is 4.79 Å². The molecule has 0 spiro atoms. The number of carbonyl (C=O) groups excluding carboxylic acids is 1. The average molecular weight is 331 g/mol. The van der Waals surface area contributed by atoms with Gasteiger partial charge in [-0.15, -0.1) is 0 Å². The van der Waals surface area contributed by atoms with E-state index in [4.69, 9.17) is 4.74 Å². The van der Waals surface area contributed by atoms with Crippen molar-refractivity contribution in [1.82, 2.24) is 4.90 Å². The second-order valence-corrected chi connectivity index (χ2v) is 7.14. The highest BCUT2D eigenvalue weighted by atomic mass is 16.6. The van der Waals surface area contributed by atoms with Gasteiger partial charge in [0, 0.05) is 6.54 Å². The van der Waals surface area contributed by atoms with Gasteiger partial charge in [0.25, 0.3) is 0 Å². The number of nitrogens with zero attached hydrogens (tertiary/aromatic N) is 1. The third-order valence-electron chi connectivity index (χ3n) is 3.88. The van der Waals surface area contributed by atoms with Gasteiger partial charge in [0.1, 0.15) is 11.6 Å². The molecule has 1 heterocycles. The molecule has 1 aromatic carbocycles. The zero-order valence-electron chi connectivity index (χ0n) is 14.4. The van der Waals surface area contributed by atoms with Crippen molar-refractivity contribution in [2.24, 2.45) is 5.92 Å². The Balaban J connectivity index is 1.98. The van der Waals surface area contributed by atoms with Gasteiger partial charge in [0.05, 0.1) is 0 Å². The Labute approximate surface area is 142 Å². The molecule has 24 heavy (non-hydrogen) atoms. The van der Waals surface area contributed by atoms with Crippen molar-refractivity contribution in [1.29, 1.82) is 0 Å². The van der Waals surface area contributed by atoms with Gasteiger partial charge in [0.15, 0.2) is 0 Å². The minimum absolute atomic E-state index is 0.124. The molecular weight excluding hydrogens is 306 g/mol. The number of ether oxygens (including phenoxy) is 1. The minimum atomic E-state index is -0.976. The van der Waals surface area contributed by atoms with E-state index in [2.05, 4.69) is 0 Å². The van der Waals surface area contributed by atoms with E-state index >= 15 is 0 Å². The number of likely N-dealkylation sites (tertiary alicyclic amines) is 1. The predicted octanol–water partition coefficient (Wildman–Crippen LogP) is 3.80. The molecule has 1 fully saturated rings. The van der Waals surface area contributed by atoms with Crippen molar-refractivity contribution in [2.75, 3.05) is 6.54 Å². The highest BCUT2D eigenvalue weighted by molar-refractivity contribution is 5.81. The SMILES string of the molecule is CC(C)(C)OC(=O)N1C[C@H](C/C=C/c2ccccc2)C[C@H]1C(=O)O. The molecule has 130 valence electrons. The number of hydrogen-bond donors (Lipinski definition) is 1. The maximum Gasteiger partial charge on any atom is 0.411 e. The fraction of sp³-hybridized carbons (Fsp3) is 0.474. The second-order valence-electron chi connectivity index (χ2n) is 7.14. The smallest absolute Gasteiger partial charge is 0.411 e. The van der Waals surface area contributed by atoms with E-state index in [0.717, 1.165) is 12.0 Å². The van der Waals surface area contributed by atoms with E-state index in [0.29, 0.717) is 13.0 Å². The number of aliphatic carboxylic acids is 1. The van der Waals surface area contributed by atoms with Crippen LogP contribution < -0.4 is 0 Å². The van der Waals surface area contributed by atoms with Gasteiger partial charge in [-0.2, -0.15) is 0 Å². The van der Waals surface area contributed by atoms with E-state index < -0.39 is 23.7 Å². The number of carboxylic acid groups (broad SMARTS) is 1. The fourth-order valence-corrected chi connectivity index (χ4v) is 2.81. The van der Waals surface area contributed by atoms with E-state index in [-0.39, 0.29) is 5.92 Å². The highest BCUT2D eigenvalue weighted by Gasteiger charge is 2.40. The van der Waals surface area contributed by atoms with Crippen LogP contribution in [0.2, 0.25) is 0 Å². The summed E-state index contributed by atoms with van der Waals surface area (Å²) in [4.78, 5) is 25.0. The molecule has 1 saturated heterocycles. The van der Waals surface area contributed by atoms with Crippen LogP contribution in [0.1, 0.15) is 39.2 Å². The first kappa shape index (κ1) is 18.0. The molecule has 2 rings (SSSR count). The van der Waals surface area contributed by atoms with Crippen molar-refractivity contribution < 1.29 is 19.4 Å². The standard InChI is InChI=1S/C19H25NO4/c1-19(2,3)24-18(23)20-13-15(12-16(20)17(21)22)11-7-10-14-8-5-4-6-9-14/h4-10,15-16H,11-13H2,1-3H3,(H,21,22)/b10-7+/t15-,16+/m1/s1. The molecule has 1 amide bonds. The summed E-state index contributed by atoms with van der Waals surface area (Å²) in [7, 11) is 0. The van der Waals surface area contributed by atoms with Crippen LogP contribution in [0, 0.1) is 5.92 Å². The highest BCUT2D eigenvalue weighted by Crippen LogP contribution is 2.28. The summed E-state index contributed by atoms with van der Waals surface area (Å²) in [6, 6.07) is 9.12. The third-order valence-corrected chi connectivity index (χ3v) is 3.88. The second kappa shape index (κ2) is 7.51. The molecule has 0 aromatic heterocycles. The Morgan fingerprint density at radius 3 is 2.54 bits per heavy atom. The first-order valence-corrected chi connectivity index (χ1v) is 8.20. The average Bonchev–Trinajstić information content (AvgIpc) is 2.91. The maximum atomic E-state index is 12.2. The molecule has 0 bridgehead atoms. The van der Waals surface area contributed by atoms with Crippen molar-refractivity contribution in [3.8, 4) is 0 Å². The lowest BCUT2D eigenvalue weighted by Gasteiger charge is -2.26. The monoisotopic (exact) mass is 331 g/mol. The number of carboxylic acids is 1. The first-order valence-electron chi connectivity index (χ1n) is 8.20. The first-order chi connectivity index (χ1) is 11.3. The van der Waals surface area contributed by atoms with E-state index in [1.165, 1.54) is 4.90 Å². The van der Waals surface area contributed by atoms with Crippen LogP contribution in [0.15, 0.2) is 36.4 Å². The van der Waals surface area contributed by atoms with E-state index in [1.54, 1.807) is 20.8 Å². The molecule has 1 N–H and O–H groups in total. The predicted molar refractivity (Wildman–Crippen MR) is 92.6 cm³/mol. The summed E-state index contributed by atoms with van der Waals surface area (Å²) in [5.74, 6) is -0.853. The summed E-state index contributed by atoms with van der Waals surface area (Å²) < 4.78 is 5.33. The lowest BCUT2D eigenvalue weighted by atomic mass is 10.0. The van der Waals surface area contributed by atoms with Gasteiger partial charge in [-0.25, -0.2) is 9.59 Å². The summed E-state index contributed by atoms with van der Waals surface area (Å²) in [5, 5.41) is 9.38. The zero-order chi connectivity index (χ0) is 17.7. The van der Waals surface area contributed by atoms with Crippen molar-refractivity contribution in [3.05, 3.63) is 42.0 Å². The molecule has 5 nitrogen and oxygen atoms in total. The van der Waals surface area contributed by atoms with Gasteiger partial charge in [-0.05, 0) is 45.1 Å². The largest absolute Gasteiger partial charge is 0.480 e. The number of allylic oxidation sites excluding steroid dienone is 1. The van der Waals surface area contributed by atoms with Gasteiger partial charge in [-0.1, -0.05) is 42.5 Å². The molecule has 5 heteroatoms. The Kier molecular flexibility index (Phi) is 5.65. The normalized spacial score (nSPS) is 21.2. The molecule has 1 aliphatic heterocycles. The topological polar surface area (TPSA) is 66.8 Å². The molecule has 0 unspecified atom stereocenters. The molecule has 0 aliphatic carbocycles. The fourth-order valence-electron chi connectivity index (χ4n) is 2.81. The van der Waals surface area contributed by atoms with E-state index in [9.17, 15) is 14.7 Å². The molecule has 0 radical (unpaired) electrons. The van der Waals surface area contributed by atoms with E-state index in [1.807, 2.05) is 42.5 Å². The number of amides is 1. The van der Waals surface area contributed by atoms with Crippen molar-refractivity contribution in [2.45, 2.75) is 45.3 Å². The number of carbonyl (C=O) groups is 2. The molecular formula is C19H25NO4. The van der Waals surface area contributed by atoms with Crippen LogP contribution >= 0.6 is 0 Å². The van der Waals surface area contributed by atoms with Crippen molar-refractivity contribution >= 4 is 18.1 Å². The molecule has 2 atom stereocenters. The summed E-state index contributed by atoms with van der Waals surface area (Å²) in [5.41, 5.74) is 0.472. The van der Waals surface area contributed by atoms with Crippen LogP contribution in [0.5, 0.6) is 0 Å². The Hall–Kier alpha value is -2.30. The molecule has 0 saturated carbocycles. The number of benzene rings is 1. The van der Waals surface area contributed by atoms with Crippen LogP contribution in [0.3, 0.4) is 0 Å². The lowest BCUT2D eigenvalue weighted by molar-refractivity contribution is -0.142. The number of rotatable bonds is 4. The van der Waals surface area contributed by atoms with Gasteiger partial charge in [0.2, 0.25) is 0 Å². The van der Waals surface area contributed by atoms with Gasteiger partial charge < -0.3 is 9.84 Å². The molecule has 1 aliphatic rings. The van der Waals surface area contributed by atoms with Crippen LogP contribution in [-0.4, -0.2) is 40.3 Å². The van der Waals surface area contributed by atoms with Gasteiger partial charge in [-0.3, -0.25) is 4.90 Å². The lowest BCUT2D eigenvalue weighted by Crippen LogP contribution is -2.43. The molecule has 1 aromatic rings. The van der Waals surface area contributed by atoms with Crippen LogP contribution in [-0.2, 0) is 9.53 Å². The Morgan fingerprint density at radius 2 is 1.96 bits per heavy atom. The summed E-state index contributed by atoms with van der Waals surface area (Å²) in [6.07, 6.45) is 4.69. The summed E-state index contributed by atoms with van der Waals surface area (Å²) >= 11 is 0. The third kappa shape index (κ3) is 5.11. The number of hydrogen-bond acceptors (Lipinski definition) is 3. The van der Waals surface area contributed by atoms with Crippen molar-refractivity contribution in [3.63, 3.8) is 0 Å². The summed E-state index contributed by atoms with van der Waals surface area (Å²) in [6.45, 7) is 5.73. The Morgan fingerprint density at radius 1 is 1.29 bits per heavy atom. The quantitative estimate of drug-likeness (QED) is 0.911. The Bertz CT molecular complexity index is 604.